The van der Waals surface area contributed by atoms with Crippen LogP contribution in [-0.4, -0.2) is 47.2 Å². The Balaban J connectivity index is 1.29. The third-order valence-corrected chi connectivity index (χ3v) is 7.69. The van der Waals surface area contributed by atoms with Crippen molar-refractivity contribution in [2.75, 3.05) is 19.6 Å². The number of amides is 3. The van der Waals surface area contributed by atoms with Gasteiger partial charge in [0, 0.05) is 17.0 Å². The molecule has 0 saturated carbocycles. The fourth-order valence-corrected chi connectivity index (χ4v) is 5.52. The van der Waals surface area contributed by atoms with Crippen molar-refractivity contribution in [1.29, 1.82) is 0 Å². The lowest BCUT2D eigenvalue weighted by Gasteiger charge is -2.36. The van der Waals surface area contributed by atoms with Gasteiger partial charge >= 0.3 is 0 Å². The molecule has 1 saturated heterocycles. The number of benzene rings is 1. The highest BCUT2D eigenvalue weighted by Gasteiger charge is 2.36. The molecule has 8 heteroatoms. The van der Waals surface area contributed by atoms with Crippen molar-refractivity contribution in [3.63, 3.8) is 0 Å². The second kappa shape index (κ2) is 9.56. The lowest BCUT2D eigenvalue weighted by atomic mass is 9.97. The number of carbonyl (C=O) groups excluding carboxylic acids is 3. The highest BCUT2D eigenvalue weighted by molar-refractivity contribution is 7.10. The van der Waals surface area contributed by atoms with E-state index in [4.69, 9.17) is 4.42 Å². The molecule has 1 aromatic carbocycles. The van der Waals surface area contributed by atoms with Crippen LogP contribution in [0.3, 0.4) is 0 Å². The van der Waals surface area contributed by atoms with Crippen molar-refractivity contribution >= 4 is 29.1 Å². The minimum absolute atomic E-state index is 0.0673. The normalized spacial score (nSPS) is 17.7. The number of nitrogens with zero attached hydrogens (tertiary/aromatic N) is 2. The van der Waals surface area contributed by atoms with Crippen LogP contribution in [0.25, 0.3) is 0 Å². The molecule has 5 rings (SSSR count). The van der Waals surface area contributed by atoms with Gasteiger partial charge < -0.3 is 9.73 Å². The third kappa shape index (κ3) is 4.43. The van der Waals surface area contributed by atoms with Crippen LogP contribution in [0.4, 0.5) is 0 Å². The smallest absolute Gasteiger partial charge is 0.261 e. The molecule has 1 atom stereocenters. The van der Waals surface area contributed by atoms with Crippen LogP contribution < -0.4 is 5.32 Å². The first-order valence-corrected chi connectivity index (χ1v) is 12.5. The van der Waals surface area contributed by atoms with Crippen molar-refractivity contribution in [1.82, 2.24) is 15.1 Å². The van der Waals surface area contributed by atoms with Crippen LogP contribution in [0, 0.1) is 5.92 Å². The van der Waals surface area contributed by atoms with E-state index in [0.717, 1.165) is 36.7 Å². The van der Waals surface area contributed by atoms with E-state index in [1.54, 1.807) is 35.6 Å². The lowest BCUT2D eigenvalue weighted by Crippen LogP contribution is -2.41. The molecule has 0 radical (unpaired) electrons. The third-order valence-electron chi connectivity index (χ3n) is 6.71. The van der Waals surface area contributed by atoms with Gasteiger partial charge in [0.15, 0.2) is 0 Å². The van der Waals surface area contributed by atoms with E-state index in [-0.39, 0.29) is 30.0 Å². The molecule has 34 heavy (non-hydrogen) atoms. The van der Waals surface area contributed by atoms with E-state index in [9.17, 15) is 14.4 Å². The Kier molecular flexibility index (Phi) is 6.34. The van der Waals surface area contributed by atoms with Gasteiger partial charge in [0.05, 0.1) is 30.0 Å². The fraction of sp³-hybridized carbons (Fsp3) is 0.346. The molecule has 2 aliphatic rings. The van der Waals surface area contributed by atoms with Crippen molar-refractivity contribution < 1.29 is 18.8 Å². The van der Waals surface area contributed by atoms with Crippen LogP contribution in [0.15, 0.2) is 58.5 Å². The quantitative estimate of drug-likeness (QED) is 0.512. The van der Waals surface area contributed by atoms with Crippen molar-refractivity contribution in [3.8, 4) is 0 Å². The number of thiophene rings is 1. The lowest BCUT2D eigenvalue weighted by molar-refractivity contribution is 0.0631. The zero-order chi connectivity index (χ0) is 23.7. The predicted molar refractivity (Wildman–Crippen MR) is 129 cm³/mol. The Labute approximate surface area is 202 Å². The molecule has 1 unspecified atom stereocenters. The van der Waals surface area contributed by atoms with Gasteiger partial charge in [0.1, 0.15) is 5.76 Å². The zero-order valence-electron chi connectivity index (χ0n) is 19.0. The van der Waals surface area contributed by atoms with Crippen LogP contribution in [-0.2, 0) is 6.54 Å². The summed E-state index contributed by atoms with van der Waals surface area (Å²) in [6.07, 6.45) is 3.82. The summed E-state index contributed by atoms with van der Waals surface area (Å²) < 4.78 is 5.28. The standard InChI is InChI=1S/C26H27N3O4S/c1-17-8-10-28(11-9-17)22(23-5-3-13-34-23)15-27-24(30)18-6-7-20-21(14-18)26(32)29(25(20)31)16-19-4-2-12-33-19/h2-7,12-14,17,22H,8-11,15-16H2,1H3,(H,27,30). The fourth-order valence-electron chi connectivity index (χ4n) is 4.66. The Bertz CT molecular complexity index is 1180. The molecule has 1 N–H and O–H groups in total. The Morgan fingerprint density at radius 2 is 1.91 bits per heavy atom. The molecule has 0 aliphatic carbocycles. The van der Waals surface area contributed by atoms with E-state index in [0.29, 0.717) is 23.4 Å². The maximum atomic E-state index is 13.0. The summed E-state index contributed by atoms with van der Waals surface area (Å²) in [5.74, 6) is 0.220. The molecule has 176 valence electrons. The van der Waals surface area contributed by atoms with E-state index in [1.165, 1.54) is 17.2 Å². The molecule has 2 aliphatic heterocycles. The van der Waals surface area contributed by atoms with Crippen molar-refractivity contribution in [2.45, 2.75) is 32.4 Å². The van der Waals surface area contributed by atoms with Crippen LogP contribution in [0.2, 0.25) is 0 Å². The Hall–Kier alpha value is -3.23. The predicted octanol–water partition coefficient (Wildman–Crippen LogP) is 4.34. The Morgan fingerprint density at radius 1 is 1.12 bits per heavy atom. The highest BCUT2D eigenvalue weighted by atomic mass is 32.1. The first kappa shape index (κ1) is 22.6. The number of hydrogen-bond acceptors (Lipinski definition) is 6. The minimum atomic E-state index is -0.412. The monoisotopic (exact) mass is 477 g/mol. The number of fused-ring (bicyclic) bond motifs is 1. The first-order valence-electron chi connectivity index (χ1n) is 11.6. The number of hydrogen-bond donors (Lipinski definition) is 1. The van der Waals surface area contributed by atoms with E-state index in [2.05, 4.69) is 28.6 Å². The number of furan rings is 1. The number of imide groups is 1. The molecule has 0 spiro atoms. The molecular formula is C26H27N3O4S. The first-order chi connectivity index (χ1) is 16.5. The van der Waals surface area contributed by atoms with Gasteiger partial charge in [-0.1, -0.05) is 13.0 Å². The topological polar surface area (TPSA) is 82.9 Å². The SMILES string of the molecule is CC1CCN(C(CNC(=O)c2ccc3c(c2)C(=O)N(Cc2ccco2)C3=O)c2cccs2)CC1. The highest BCUT2D eigenvalue weighted by Crippen LogP contribution is 2.30. The van der Waals surface area contributed by atoms with Gasteiger partial charge in [-0.25, -0.2) is 0 Å². The molecule has 4 heterocycles. The second-order valence-electron chi connectivity index (χ2n) is 9.00. The summed E-state index contributed by atoms with van der Waals surface area (Å²) >= 11 is 1.70. The molecular weight excluding hydrogens is 450 g/mol. The summed E-state index contributed by atoms with van der Waals surface area (Å²) in [6.45, 7) is 4.87. The molecule has 2 aromatic heterocycles. The number of likely N-dealkylation sites (tertiary alicyclic amines) is 1. The molecule has 7 nitrogen and oxygen atoms in total. The Morgan fingerprint density at radius 3 is 2.62 bits per heavy atom. The van der Waals surface area contributed by atoms with Gasteiger partial charge in [-0.05, 0) is 73.6 Å². The molecule has 3 aromatic rings. The zero-order valence-corrected chi connectivity index (χ0v) is 19.8. The minimum Gasteiger partial charge on any atom is -0.467 e. The van der Waals surface area contributed by atoms with E-state index in [1.807, 2.05) is 6.07 Å². The molecule has 3 amide bonds. The maximum Gasteiger partial charge on any atom is 0.261 e. The largest absolute Gasteiger partial charge is 0.467 e. The summed E-state index contributed by atoms with van der Waals surface area (Å²) in [7, 11) is 0. The summed E-state index contributed by atoms with van der Waals surface area (Å²) in [4.78, 5) is 43.5. The van der Waals surface area contributed by atoms with Gasteiger partial charge in [-0.15, -0.1) is 11.3 Å². The summed E-state index contributed by atoms with van der Waals surface area (Å²) in [6, 6.07) is 12.4. The molecule has 1 fully saturated rings. The van der Waals surface area contributed by atoms with Crippen molar-refractivity contribution in [2.24, 2.45) is 5.92 Å². The number of piperidine rings is 1. The van der Waals surface area contributed by atoms with Gasteiger partial charge in [-0.3, -0.25) is 24.2 Å². The number of carbonyl (C=O) groups is 3. The van der Waals surface area contributed by atoms with E-state index < -0.39 is 5.91 Å². The van der Waals surface area contributed by atoms with Gasteiger partial charge in [0.25, 0.3) is 17.7 Å². The van der Waals surface area contributed by atoms with E-state index >= 15 is 0 Å². The maximum absolute atomic E-state index is 13.0. The summed E-state index contributed by atoms with van der Waals surface area (Å²) in [5, 5.41) is 5.13. The summed E-state index contributed by atoms with van der Waals surface area (Å²) in [5.41, 5.74) is 0.938. The average Bonchev–Trinajstić information content (AvgIpc) is 3.60. The number of nitrogens with one attached hydrogen (secondary N) is 1. The average molecular weight is 478 g/mol. The number of rotatable bonds is 7. The van der Waals surface area contributed by atoms with Gasteiger partial charge in [-0.2, -0.15) is 0 Å². The molecule has 0 bridgehead atoms. The van der Waals surface area contributed by atoms with Crippen LogP contribution in [0.5, 0.6) is 0 Å². The van der Waals surface area contributed by atoms with Gasteiger partial charge in [0.2, 0.25) is 0 Å². The second-order valence-corrected chi connectivity index (χ2v) is 9.98. The van der Waals surface area contributed by atoms with Crippen LogP contribution >= 0.6 is 11.3 Å². The van der Waals surface area contributed by atoms with Crippen molar-refractivity contribution in [3.05, 3.63) is 81.4 Å². The van der Waals surface area contributed by atoms with Crippen LogP contribution in [0.1, 0.15) is 67.5 Å².